The quantitative estimate of drug-likeness (QED) is 0.460. The summed E-state index contributed by atoms with van der Waals surface area (Å²) in [5.74, 6) is 0.196. The summed E-state index contributed by atoms with van der Waals surface area (Å²) in [7, 11) is 0. The minimum Gasteiger partial charge on any atom is -0.441 e. The molecule has 0 fully saturated rings. The third kappa shape index (κ3) is 1.23. The summed E-state index contributed by atoms with van der Waals surface area (Å²) in [5.41, 5.74) is 5.06. The van der Waals surface area contributed by atoms with Gasteiger partial charge < -0.3 is 10.2 Å². The van der Waals surface area contributed by atoms with Crippen LogP contribution >= 0.6 is 11.6 Å². The van der Waals surface area contributed by atoms with Gasteiger partial charge in [-0.15, -0.1) is 0 Å². The first kappa shape index (κ1) is 6.16. The summed E-state index contributed by atoms with van der Waals surface area (Å²) < 4.78 is 4.76. The van der Waals surface area contributed by atoms with Crippen LogP contribution in [0.25, 0.3) is 0 Å². The first-order chi connectivity index (χ1) is 4.20. The van der Waals surface area contributed by atoms with Crippen LogP contribution in [-0.4, -0.2) is 5.84 Å². The normalized spacial score (nSPS) is 9.44. The molecule has 0 unspecified atom stereocenters. The van der Waals surface area contributed by atoms with Gasteiger partial charge in [0.15, 0.2) is 16.8 Å². The van der Waals surface area contributed by atoms with E-state index in [1.807, 2.05) is 0 Å². The molecule has 1 heterocycles. The zero-order valence-electron chi connectivity index (χ0n) is 4.52. The Labute approximate surface area is 56.9 Å². The molecule has 0 aliphatic heterocycles. The van der Waals surface area contributed by atoms with Crippen LogP contribution in [0.1, 0.15) is 5.76 Å². The van der Waals surface area contributed by atoms with E-state index in [1.165, 1.54) is 6.07 Å². The van der Waals surface area contributed by atoms with E-state index in [1.54, 1.807) is 6.07 Å². The zero-order valence-corrected chi connectivity index (χ0v) is 5.27. The van der Waals surface area contributed by atoms with Crippen molar-refractivity contribution in [2.45, 2.75) is 0 Å². The molecule has 0 aromatic carbocycles. The number of amidine groups is 1. The van der Waals surface area contributed by atoms with Gasteiger partial charge in [0.25, 0.3) is 0 Å². The Kier molecular flexibility index (Phi) is 1.44. The Morgan fingerprint density at radius 1 is 1.67 bits per heavy atom. The monoisotopic (exact) mass is 144 g/mol. The van der Waals surface area contributed by atoms with E-state index < -0.39 is 0 Å². The van der Waals surface area contributed by atoms with Crippen LogP contribution in [0.4, 0.5) is 0 Å². The maximum atomic E-state index is 6.87. The van der Waals surface area contributed by atoms with Crippen molar-refractivity contribution in [1.82, 2.24) is 0 Å². The van der Waals surface area contributed by atoms with Gasteiger partial charge in [0.1, 0.15) is 0 Å². The Bertz CT molecular complexity index is 231. The van der Waals surface area contributed by atoms with E-state index in [9.17, 15) is 0 Å². The summed E-state index contributed by atoms with van der Waals surface area (Å²) >= 11 is 5.39. The van der Waals surface area contributed by atoms with Gasteiger partial charge in [0, 0.05) is 0 Å². The zero-order chi connectivity index (χ0) is 6.85. The lowest BCUT2D eigenvalue weighted by Gasteiger charge is -1.86. The Balaban J connectivity index is 2.98. The minimum absolute atomic E-state index is 0.109. The van der Waals surface area contributed by atoms with E-state index in [0.717, 1.165) is 0 Å². The highest BCUT2D eigenvalue weighted by Gasteiger charge is 1.99. The van der Waals surface area contributed by atoms with Crippen LogP contribution in [0.2, 0.25) is 5.22 Å². The fraction of sp³-hybridized carbons (Fsp3) is 0. The molecule has 0 atom stereocenters. The molecule has 0 spiro atoms. The van der Waals surface area contributed by atoms with Gasteiger partial charge in [-0.2, -0.15) is 0 Å². The lowest BCUT2D eigenvalue weighted by Crippen LogP contribution is -2.09. The van der Waals surface area contributed by atoms with Crippen LogP contribution in [0.5, 0.6) is 0 Å². The predicted molar refractivity (Wildman–Crippen MR) is 34.7 cm³/mol. The molecule has 0 radical (unpaired) electrons. The molecule has 0 saturated heterocycles. The molecular weight excluding hydrogens is 140 g/mol. The van der Waals surface area contributed by atoms with Gasteiger partial charge >= 0.3 is 0 Å². The van der Waals surface area contributed by atoms with Crippen molar-refractivity contribution in [3.05, 3.63) is 23.1 Å². The fourth-order valence-corrected chi connectivity index (χ4v) is 0.605. The highest BCUT2D eigenvalue weighted by atomic mass is 35.5. The van der Waals surface area contributed by atoms with Crippen molar-refractivity contribution in [1.29, 1.82) is 5.41 Å². The topological polar surface area (TPSA) is 63.0 Å². The molecular formula is C5H5ClN2O. The second kappa shape index (κ2) is 2.11. The summed E-state index contributed by atoms with van der Waals surface area (Å²) in [6, 6.07) is 3.09. The molecule has 0 saturated carbocycles. The number of halogens is 1. The SMILES string of the molecule is N=C(N)c1ccc(Cl)o1. The van der Waals surface area contributed by atoms with Crippen molar-refractivity contribution in [3.63, 3.8) is 0 Å². The highest BCUT2D eigenvalue weighted by Crippen LogP contribution is 2.11. The van der Waals surface area contributed by atoms with E-state index in [0.29, 0.717) is 5.76 Å². The molecule has 0 aliphatic carbocycles. The number of nitrogen functional groups attached to an aromatic ring is 1. The molecule has 1 aromatic heterocycles. The van der Waals surface area contributed by atoms with Gasteiger partial charge in [-0.1, -0.05) is 0 Å². The first-order valence-electron chi connectivity index (χ1n) is 2.30. The van der Waals surface area contributed by atoms with E-state index in [2.05, 4.69) is 0 Å². The van der Waals surface area contributed by atoms with Gasteiger partial charge in [0.2, 0.25) is 0 Å². The smallest absolute Gasteiger partial charge is 0.194 e. The van der Waals surface area contributed by atoms with Crippen molar-refractivity contribution >= 4 is 17.4 Å². The number of hydrogen-bond donors (Lipinski definition) is 2. The molecule has 0 amide bonds. The number of hydrogen-bond acceptors (Lipinski definition) is 2. The van der Waals surface area contributed by atoms with Crippen LogP contribution in [0.15, 0.2) is 16.5 Å². The summed E-state index contributed by atoms with van der Waals surface area (Å²) in [6.45, 7) is 0. The molecule has 3 nitrogen and oxygen atoms in total. The predicted octanol–water partition coefficient (Wildman–Crippen LogP) is 1.22. The Hall–Kier alpha value is -0.960. The van der Waals surface area contributed by atoms with Gasteiger partial charge in [-0.3, -0.25) is 5.41 Å². The Morgan fingerprint density at radius 3 is 2.56 bits per heavy atom. The average molecular weight is 145 g/mol. The molecule has 0 aliphatic rings. The second-order valence-corrected chi connectivity index (χ2v) is 1.89. The molecule has 4 heteroatoms. The van der Waals surface area contributed by atoms with Crippen molar-refractivity contribution in [3.8, 4) is 0 Å². The average Bonchev–Trinajstić information content (AvgIpc) is 2.14. The van der Waals surface area contributed by atoms with E-state index in [-0.39, 0.29) is 11.1 Å². The summed E-state index contributed by atoms with van der Waals surface area (Å²) in [5, 5.41) is 7.12. The third-order valence-corrected chi connectivity index (χ3v) is 1.04. The maximum absolute atomic E-state index is 6.87. The molecule has 3 N–H and O–H groups in total. The number of furan rings is 1. The molecule has 9 heavy (non-hydrogen) atoms. The molecule has 1 rings (SSSR count). The van der Waals surface area contributed by atoms with Crippen molar-refractivity contribution in [2.24, 2.45) is 5.73 Å². The van der Waals surface area contributed by atoms with E-state index >= 15 is 0 Å². The van der Waals surface area contributed by atoms with Crippen molar-refractivity contribution in [2.75, 3.05) is 0 Å². The number of rotatable bonds is 1. The maximum Gasteiger partial charge on any atom is 0.194 e. The van der Waals surface area contributed by atoms with Gasteiger partial charge in [-0.25, -0.2) is 0 Å². The lowest BCUT2D eigenvalue weighted by atomic mass is 10.4. The van der Waals surface area contributed by atoms with Gasteiger partial charge in [0.05, 0.1) is 0 Å². The van der Waals surface area contributed by atoms with Crippen LogP contribution in [0.3, 0.4) is 0 Å². The third-order valence-electron chi connectivity index (χ3n) is 0.839. The van der Waals surface area contributed by atoms with Crippen LogP contribution in [0, 0.1) is 5.41 Å². The summed E-state index contributed by atoms with van der Waals surface area (Å²) in [4.78, 5) is 0. The summed E-state index contributed by atoms with van der Waals surface area (Å²) in [6.07, 6.45) is 0. The Morgan fingerprint density at radius 2 is 2.33 bits per heavy atom. The van der Waals surface area contributed by atoms with Gasteiger partial charge in [-0.05, 0) is 23.7 Å². The molecule has 0 bridgehead atoms. The standard InChI is InChI=1S/C5H5ClN2O/c6-4-2-1-3(9-4)5(7)8/h1-2H,(H3,7,8). The lowest BCUT2D eigenvalue weighted by molar-refractivity contribution is 0.558. The second-order valence-electron chi connectivity index (χ2n) is 1.52. The van der Waals surface area contributed by atoms with E-state index in [4.69, 9.17) is 27.2 Å². The number of nitrogens with two attached hydrogens (primary N) is 1. The fourth-order valence-electron chi connectivity index (χ4n) is 0.459. The van der Waals surface area contributed by atoms with Crippen molar-refractivity contribution < 1.29 is 4.42 Å². The highest BCUT2D eigenvalue weighted by molar-refractivity contribution is 6.29. The van der Waals surface area contributed by atoms with Crippen LogP contribution < -0.4 is 5.73 Å². The first-order valence-corrected chi connectivity index (χ1v) is 2.67. The molecule has 1 aromatic rings. The van der Waals surface area contributed by atoms with Crippen LogP contribution in [-0.2, 0) is 0 Å². The largest absolute Gasteiger partial charge is 0.441 e. The molecule has 48 valence electrons. The minimum atomic E-state index is -0.109. The number of nitrogens with one attached hydrogen (secondary N) is 1.